The molecule has 5 rings (SSSR count). The topological polar surface area (TPSA) is 52.2 Å². The fourth-order valence-corrected chi connectivity index (χ4v) is 4.68. The highest BCUT2D eigenvalue weighted by Gasteiger charge is 2.34. The van der Waals surface area contributed by atoms with Crippen molar-refractivity contribution in [3.05, 3.63) is 83.4 Å². The van der Waals surface area contributed by atoms with Gasteiger partial charge in [0.25, 0.3) is 0 Å². The summed E-state index contributed by atoms with van der Waals surface area (Å²) >= 11 is 0. The van der Waals surface area contributed by atoms with Gasteiger partial charge in [0.05, 0.1) is 17.3 Å². The monoisotopic (exact) mass is 453 g/mol. The lowest BCUT2D eigenvalue weighted by Crippen LogP contribution is -2.34. The Bertz CT molecular complexity index is 1130. The zero-order chi connectivity index (χ0) is 23.0. The van der Waals surface area contributed by atoms with E-state index in [1.807, 2.05) is 36.4 Å². The van der Waals surface area contributed by atoms with Gasteiger partial charge in [0, 0.05) is 35.5 Å². The molecule has 1 atom stereocenters. The van der Waals surface area contributed by atoms with Gasteiger partial charge in [-0.05, 0) is 44.1 Å². The summed E-state index contributed by atoms with van der Waals surface area (Å²) in [5.41, 5.74) is 5.75. The van der Waals surface area contributed by atoms with Gasteiger partial charge in [-0.2, -0.15) is 13.2 Å². The molecule has 5 nitrogen and oxygen atoms in total. The van der Waals surface area contributed by atoms with Gasteiger partial charge in [-0.15, -0.1) is 0 Å². The Kier molecular flexibility index (Phi) is 5.72. The first kappa shape index (κ1) is 21.7. The van der Waals surface area contributed by atoms with E-state index in [1.54, 1.807) is 12.1 Å². The van der Waals surface area contributed by atoms with Crippen molar-refractivity contribution in [2.24, 2.45) is 0 Å². The molecule has 2 aromatic rings. The van der Waals surface area contributed by atoms with E-state index in [1.165, 1.54) is 12.1 Å². The van der Waals surface area contributed by atoms with E-state index in [-0.39, 0.29) is 17.5 Å². The lowest BCUT2D eigenvalue weighted by Gasteiger charge is -2.24. The Hall–Kier alpha value is -3.10. The number of halogens is 3. The van der Waals surface area contributed by atoms with Crippen molar-refractivity contribution in [3.8, 4) is 11.3 Å². The summed E-state index contributed by atoms with van der Waals surface area (Å²) in [4.78, 5) is 4.74. The van der Waals surface area contributed by atoms with Crippen LogP contribution in [-0.4, -0.2) is 36.2 Å². The molecule has 2 aliphatic heterocycles. The fraction of sp³-hybridized carbons (Fsp3) is 0.320. The molecule has 3 N–H and O–H groups in total. The van der Waals surface area contributed by atoms with Crippen LogP contribution in [0.2, 0.25) is 0 Å². The van der Waals surface area contributed by atoms with Gasteiger partial charge in [-0.1, -0.05) is 42.5 Å². The maximum absolute atomic E-state index is 13.8. The van der Waals surface area contributed by atoms with Crippen molar-refractivity contribution in [1.82, 2.24) is 20.7 Å². The third-order valence-electron chi connectivity index (χ3n) is 6.34. The number of alkyl halides is 3. The first-order valence-corrected chi connectivity index (χ1v) is 11.2. The van der Waals surface area contributed by atoms with Gasteiger partial charge in [0.15, 0.2) is 0 Å². The van der Waals surface area contributed by atoms with Crippen LogP contribution >= 0.6 is 0 Å². The van der Waals surface area contributed by atoms with Crippen molar-refractivity contribution in [2.75, 3.05) is 25.5 Å². The normalized spacial score (nSPS) is 21.0. The van der Waals surface area contributed by atoms with Gasteiger partial charge in [-0.3, -0.25) is 9.99 Å². The standard InChI is InChI=1S/C25H26F3N5/c1-33-24(19-7-3-5-9-21(19)32-33)30-17-14-22(16-10-12-29-13-11-16)31-23(15-17)18-6-2-4-8-20(18)25(26,27)28/h2-9,14-16,21,29,32H,10-13H2,1H3,(H,30,31). The summed E-state index contributed by atoms with van der Waals surface area (Å²) in [6.45, 7) is 1.75. The van der Waals surface area contributed by atoms with Crippen LogP contribution in [0.4, 0.5) is 18.9 Å². The zero-order valence-electron chi connectivity index (χ0n) is 18.3. The maximum Gasteiger partial charge on any atom is 0.417 e. The molecular formula is C25H26F3N5. The quantitative estimate of drug-likeness (QED) is 0.621. The highest BCUT2D eigenvalue weighted by Crippen LogP contribution is 2.38. The number of hydrazine groups is 1. The molecule has 0 amide bonds. The minimum atomic E-state index is -4.46. The number of fused-ring (bicyclic) bond motifs is 1. The largest absolute Gasteiger partial charge is 0.417 e. The SMILES string of the molecule is CN1NC2C=CC=CC2=C1Nc1cc(-c2ccccc2C(F)(F)F)nc(C2CCNCC2)c1. The van der Waals surface area contributed by atoms with E-state index < -0.39 is 11.7 Å². The minimum Gasteiger partial charge on any atom is -0.340 e. The number of hydrogen-bond donors (Lipinski definition) is 3. The number of nitrogens with one attached hydrogen (secondary N) is 3. The summed E-state index contributed by atoms with van der Waals surface area (Å²) in [7, 11) is 1.92. The van der Waals surface area contributed by atoms with Gasteiger partial charge >= 0.3 is 6.18 Å². The van der Waals surface area contributed by atoms with E-state index in [2.05, 4.69) is 22.1 Å². The van der Waals surface area contributed by atoms with E-state index in [0.29, 0.717) is 5.69 Å². The van der Waals surface area contributed by atoms with Crippen LogP contribution in [-0.2, 0) is 6.18 Å². The van der Waals surface area contributed by atoms with Crippen molar-refractivity contribution in [2.45, 2.75) is 31.0 Å². The molecule has 0 radical (unpaired) electrons. The predicted octanol–water partition coefficient (Wildman–Crippen LogP) is 4.80. The van der Waals surface area contributed by atoms with Crippen molar-refractivity contribution < 1.29 is 13.2 Å². The summed E-state index contributed by atoms with van der Waals surface area (Å²) in [6.07, 6.45) is 5.43. The lowest BCUT2D eigenvalue weighted by molar-refractivity contribution is -0.137. The Morgan fingerprint density at radius 2 is 1.88 bits per heavy atom. The molecule has 33 heavy (non-hydrogen) atoms. The maximum atomic E-state index is 13.8. The van der Waals surface area contributed by atoms with E-state index in [0.717, 1.165) is 54.8 Å². The highest BCUT2D eigenvalue weighted by atomic mass is 19.4. The van der Waals surface area contributed by atoms with Crippen LogP contribution in [0.15, 0.2) is 72.1 Å². The van der Waals surface area contributed by atoms with Gasteiger partial charge in [0.2, 0.25) is 0 Å². The number of aromatic nitrogens is 1. The molecule has 3 heterocycles. The predicted molar refractivity (Wildman–Crippen MR) is 123 cm³/mol. The smallest absolute Gasteiger partial charge is 0.340 e. The Morgan fingerprint density at radius 1 is 1.09 bits per heavy atom. The zero-order valence-corrected chi connectivity index (χ0v) is 18.3. The van der Waals surface area contributed by atoms with Crippen LogP contribution in [0, 0.1) is 0 Å². The summed E-state index contributed by atoms with van der Waals surface area (Å²) in [5, 5.41) is 8.71. The molecule has 1 fully saturated rings. The molecular weight excluding hydrogens is 427 g/mol. The van der Waals surface area contributed by atoms with Gasteiger partial charge < -0.3 is 10.6 Å². The second-order valence-electron chi connectivity index (χ2n) is 8.57. The third kappa shape index (κ3) is 4.41. The number of pyridine rings is 1. The Morgan fingerprint density at radius 3 is 2.67 bits per heavy atom. The molecule has 0 saturated carbocycles. The number of allylic oxidation sites excluding steroid dienone is 2. The van der Waals surface area contributed by atoms with Crippen LogP contribution in [0.1, 0.15) is 30.0 Å². The minimum absolute atomic E-state index is 0.0682. The van der Waals surface area contributed by atoms with Crippen LogP contribution in [0.5, 0.6) is 0 Å². The molecule has 1 aliphatic carbocycles. The Balaban J connectivity index is 1.59. The Labute approximate surface area is 191 Å². The lowest BCUT2D eigenvalue weighted by atomic mass is 9.93. The average molecular weight is 454 g/mol. The van der Waals surface area contributed by atoms with E-state index in [9.17, 15) is 13.2 Å². The molecule has 3 aliphatic rings. The number of rotatable bonds is 4. The molecule has 1 aromatic heterocycles. The average Bonchev–Trinajstić information content (AvgIpc) is 3.14. The van der Waals surface area contributed by atoms with Crippen LogP contribution < -0.4 is 16.1 Å². The van der Waals surface area contributed by atoms with Gasteiger partial charge in [-0.25, -0.2) is 5.43 Å². The number of benzene rings is 1. The number of hydrogen-bond acceptors (Lipinski definition) is 5. The summed E-state index contributed by atoms with van der Waals surface area (Å²) in [5.74, 6) is 1.07. The molecule has 0 spiro atoms. The van der Waals surface area contributed by atoms with Crippen molar-refractivity contribution in [3.63, 3.8) is 0 Å². The first-order valence-electron chi connectivity index (χ1n) is 11.2. The summed E-state index contributed by atoms with van der Waals surface area (Å²) in [6, 6.07) is 9.41. The molecule has 1 aromatic carbocycles. The van der Waals surface area contributed by atoms with Crippen molar-refractivity contribution >= 4 is 5.69 Å². The van der Waals surface area contributed by atoms with Gasteiger partial charge in [0.1, 0.15) is 5.82 Å². The highest BCUT2D eigenvalue weighted by molar-refractivity contribution is 5.70. The molecule has 1 saturated heterocycles. The number of nitrogens with zero attached hydrogens (tertiary/aromatic N) is 2. The second-order valence-corrected chi connectivity index (χ2v) is 8.57. The molecule has 8 heteroatoms. The van der Waals surface area contributed by atoms with Crippen LogP contribution in [0.25, 0.3) is 11.3 Å². The first-order chi connectivity index (χ1) is 15.9. The second kappa shape index (κ2) is 8.68. The number of piperidine rings is 1. The van der Waals surface area contributed by atoms with E-state index >= 15 is 0 Å². The van der Waals surface area contributed by atoms with Crippen LogP contribution in [0.3, 0.4) is 0 Å². The van der Waals surface area contributed by atoms with Crippen molar-refractivity contribution in [1.29, 1.82) is 0 Å². The summed E-state index contributed by atoms with van der Waals surface area (Å²) < 4.78 is 41.3. The fourth-order valence-electron chi connectivity index (χ4n) is 4.68. The number of anilines is 1. The van der Waals surface area contributed by atoms with E-state index in [4.69, 9.17) is 4.98 Å². The molecule has 1 unspecified atom stereocenters. The third-order valence-corrected chi connectivity index (χ3v) is 6.34. The molecule has 172 valence electrons. The molecule has 0 bridgehead atoms.